The van der Waals surface area contributed by atoms with Crippen molar-refractivity contribution in [1.29, 1.82) is 0 Å². The van der Waals surface area contributed by atoms with E-state index in [0.717, 1.165) is 0 Å². The first-order valence-corrected chi connectivity index (χ1v) is 5.02. The zero-order valence-corrected chi connectivity index (χ0v) is 9.45. The fraction of sp³-hybridized carbons (Fsp3) is 0.222. The Hall–Kier alpha value is -2.71. The number of ether oxygens (including phenoxy) is 1. The lowest BCUT2D eigenvalue weighted by Crippen LogP contribution is -2.19. The van der Waals surface area contributed by atoms with Crippen LogP contribution in [0.4, 0.5) is 5.82 Å². The summed E-state index contributed by atoms with van der Waals surface area (Å²) in [6.45, 7) is 1.88. The topological polar surface area (TPSA) is 138 Å². The van der Waals surface area contributed by atoms with Crippen molar-refractivity contribution in [2.45, 2.75) is 6.92 Å². The van der Waals surface area contributed by atoms with Crippen molar-refractivity contribution in [3.63, 3.8) is 0 Å². The molecule has 2 aromatic rings. The fourth-order valence-electron chi connectivity index (χ4n) is 1.40. The molecule has 0 aliphatic carbocycles. The number of hydrogen-bond acceptors (Lipinski definition) is 7. The maximum absolute atomic E-state index is 11.6. The van der Waals surface area contributed by atoms with Gasteiger partial charge in [-0.25, -0.2) is 9.78 Å². The van der Waals surface area contributed by atoms with Crippen molar-refractivity contribution in [2.75, 3.05) is 12.3 Å². The summed E-state index contributed by atoms with van der Waals surface area (Å²) >= 11 is 0. The average Bonchev–Trinajstić information content (AvgIpc) is 2.74. The second-order valence-electron chi connectivity index (χ2n) is 3.31. The Kier molecular flexibility index (Phi) is 2.80. The van der Waals surface area contributed by atoms with Gasteiger partial charge in [0.2, 0.25) is 0 Å². The maximum atomic E-state index is 11.6. The molecule has 0 spiro atoms. The van der Waals surface area contributed by atoms with Gasteiger partial charge in [0, 0.05) is 0 Å². The summed E-state index contributed by atoms with van der Waals surface area (Å²) in [5.41, 5.74) is 10.6. The van der Waals surface area contributed by atoms with E-state index in [4.69, 9.17) is 16.2 Å². The lowest BCUT2D eigenvalue weighted by molar-refractivity contribution is 0.0522. The Balaban J connectivity index is 2.59. The molecule has 0 aliphatic rings. The van der Waals surface area contributed by atoms with Gasteiger partial charge in [0.25, 0.3) is 5.91 Å². The molecule has 0 radical (unpaired) electrons. The Labute approximate surface area is 101 Å². The number of carbonyl (C=O) groups excluding carboxylic acids is 2. The summed E-state index contributed by atoms with van der Waals surface area (Å²) in [5, 5.41) is 7.26. The molecular weight excluding hydrogens is 240 g/mol. The molecule has 2 aromatic heterocycles. The Morgan fingerprint density at radius 2 is 2.11 bits per heavy atom. The van der Waals surface area contributed by atoms with E-state index in [-0.39, 0.29) is 29.5 Å². The molecule has 94 valence electrons. The standard InChI is InChI=1S/C9H10N6O3/c1-2-18-9(17)5-8-14-13-4(7(11)16)6(10)15(8)3-12-5/h3H,2,10H2,1H3,(H2,11,16). The molecule has 0 bridgehead atoms. The number of carbonyl (C=O) groups is 2. The highest BCUT2D eigenvalue weighted by Gasteiger charge is 2.20. The first kappa shape index (κ1) is 11.8. The Bertz CT molecular complexity index is 635. The van der Waals surface area contributed by atoms with E-state index < -0.39 is 11.9 Å². The number of imidazole rings is 1. The molecule has 2 rings (SSSR count). The third-order valence-electron chi connectivity index (χ3n) is 2.19. The number of anilines is 1. The highest BCUT2D eigenvalue weighted by atomic mass is 16.5. The van der Waals surface area contributed by atoms with Gasteiger partial charge < -0.3 is 16.2 Å². The van der Waals surface area contributed by atoms with E-state index in [1.165, 1.54) is 10.7 Å². The highest BCUT2D eigenvalue weighted by Crippen LogP contribution is 2.14. The van der Waals surface area contributed by atoms with Gasteiger partial charge in [0.1, 0.15) is 12.1 Å². The van der Waals surface area contributed by atoms with Crippen LogP contribution in [0.15, 0.2) is 6.33 Å². The molecular formula is C9H10N6O3. The molecule has 2 heterocycles. The Morgan fingerprint density at radius 3 is 2.72 bits per heavy atom. The number of hydrogen-bond donors (Lipinski definition) is 2. The van der Waals surface area contributed by atoms with Gasteiger partial charge in [-0.3, -0.25) is 9.20 Å². The molecule has 0 aliphatic heterocycles. The average molecular weight is 250 g/mol. The van der Waals surface area contributed by atoms with Crippen LogP contribution in [-0.2, 0) is 4.74 Å². The van der Waals surface area contributed by atoms with E-state index in [1.54, 1.807) is 6.92 Å². The van der Waals surface area contributed by atoms with E-state index >= 15 is 0 Å². The van der Waals surface area contributed by atoms with E-state index in [1.807, 2.05) is 0 Å². The fourth-order valence-corrected chi connectivity index (χ4v) is 1.40. The van der Waals surface area contributed by atoms with Crippen molar-refractivity contribution < 1.29 is 14.3 Å². The third kappa shape index (κ3) is 1.71. The summed E-state index contributed by atoms with van der Waals surface area (Å²) in [6, 6.07) is 0. The summed E-state index contributed by atoms with van der Waals surface area (Å²) in [7, 11) is 0. The SMILES string of the molecule is CCOC(=O)c1ncn2c(N)c(C(N)=O)nnc12. The summed E-state index contributed by atoms with van der Waals surface area (Å²) < 4.78 is 6.05. The lowest BCUT2D eigenvalue weighted by atomic mass is 10.4. The molecule has 1 amide bonds. The van der Waals surface area contributed by atoms with Gasteiger partial charge >= 0.3 is 5.97 Å². The minimum absolute atomic E-state index is 0.0212. The van der Waals surface area contributed by atoms with Gasteiger partial charge in [-0.05, 0) is 6.92 Å². The van der Waals surface area contributed by atoms with Crippen LogP contribution in [0, 0.1) is 0 Å². The molecule has 0 aromatic carbocycles. The largest absolute Gasteiger partial charge is 0.461 e. The second kappa shape index (κ2) is 4.28. The number of esters is 1. The smallest absolute Gasteiger partial charge is 0.360 e. The number of nitrogen functional groups attached to an aromatic ring is 1. The van der Waals surface area contributed by atoms with Crippen LogP contribution in [0.2, 0.25) is 0 Å². The maximum Gasteiger partial charge on any atom is 0.360 e. The molecule has 0 fully saturated rings. The van der Waals surface area contributed by atoms with Crippen LogP contribution >= 0.6 is 0 Å². The predicted octanol–water partition coefficient (Wildman–Crippen LogP) is -1.02. The van der Waals surface area contributed by atoms with E-state index in [2.05, 4.69) is 15.2 Å². The highest BCUT2D eigenvalue weighted by molar-refractivity contribution is 5.97. The molecule has 0 unspecified atom stereocenters. The number of fused-ring (bicyclic) bond motifs is 1. The Morgan fingerprint density at radius 1 is 1.39 bits per heavy atom. The minimum Gasteiger partial charge on any atom is -0.461 e. The van der Waals surface area contributed by atoms with Crippen molar-refractivity contribution in [2.24, 2.45) is 5.73 Å². The predicted molar refractivity (Wildman–Crippen MR) is 59.7 cm³/mol. The van der Waals surface area contributed by atoms with Crippen LogP contribution in [0.5, 0.6) is 0 Å². The number of amides is 1. The third-order valence-corrected chi connectivity index (χ3v) is 2.19. The number of aromatic nitrogens is 4. The van der Waals surface area contributed by atoms with Crippen molar-refractivity contribution in [3.05, 3.63) is 17.7 Å². The number of nitrogens with two attached hydrogens (primary N) is 2. The van der Waals surface area contributed by atoms with Crippen LogP contribution in [0.1, 0.15) is 27.9 Å². The minimum atomic E-state index is -0.812. The van der Waals surface area contributed by atoms with Gasteiger partial charge in [0.05, 0.1) is 6.61 Å². The monoisotopic (exact) mass is 250 g/mol. The zero-order valence-electron chi connectivity index (χ0n) is 9.45. The molecule has 18 heavy (non-hydrogen) atoms. The van der Waals surface area contributed by atoms with Crippen LogP contribution in [0.3, 0.4) is 0 Å². The number of primary amides is 1. The number of rotatable bonds is 3. The second-order valence-corrected chi connectivity index (χ2v) is 3.31. The van der Waals surface area contributed by atoms with Crippen molar-refractivity contribution in [3.8, 4) is 0 Å². The van der Waals surface area contributed by atoms with E-state index in [0.29, 0.717) is 0 Å². The normalized spacial score (nSPS) is 10.5. The summed E-state index contributed by atoms with van der Waals surface area (Å²) in [4.78, 5) is 26.4. The van der Waals surface area contributed by atoms with Crippen LogP contribution in [-0.4, -0.2) is 38.1 Å². The van der Waals surface area contributed by atoms with Gasteiger partial charge in [0.15, 0.2) is 17.0 Å². The van der Waals surface area contributed by atoms with Gasteiger partial charge in [-0.2, -0.15) is 0 Å². The van der Waals surface area contributed by atoms with Crippen molar-refractivity contribution >= 4 is 23.3 Å². The quantitative estimate of drug-likeness (QED) is 0.664. The van der Waals surface area contributed by atoms with Crippen LogP contribution < -0.4 is 11.5 Å². The zero-order chi connectivity index (χ0) is 13.3. The molecule has 0 saturated carbocycles. The van der Waals surface area contributed by atoms with Crippen LogP contribution in [0.25, 0.3) is 5.65 Å². The van der Waals surface area contributed by atoms with Gasteiger partial charge in [-0.1, -0.05) is 0 Å². The lowest BCUT2D eigenvalue weighted by Gasteiger charge is -2.03. The first-order chi connectivity index (χ1) is 8.56. The van der Waals surface area contributed by atoms with Gasteiger partial charge in [-0.15, -0.1) is 10.2 Å². The number of nitrogens with zero attached hydrogens (tertiary/aromatic N) is 4. The summed E-state index contributed by atoms with van der Waals surface area (Å²) in [6.07, 6.45) is 1.25. The van der Waals surface area contributed by atoms with Crippen molar-refractivity contribution in [1.82, 2.24) is 19.6 Å². The molecule has 4 N–H and O–H groups in total. The molecule has 0 atom stereocenters. The molecule has 9 nitrogen and oxygen atoms in total. The summed E-state index contributed by atoms with van der Waals surface area (Å²) in [5.74, 6) is -1.48. The molecule has 9 heteroatoms. The van der Waals surface area contributed by atoms with E-state index in [9.17, 15) is 9.59 Å². The first-order valence-electron chi connectivity index (χ1n) is 5.02. The molecule has 0 saturated heterocycles.